The van der Waals surface area contributed by atoms with Crippen LogP contribution in [0.5, 0.6) is 0 Å². The topological polar surface area (TPSA) is 73.1 Å². The molecule has 0 heterocycles. The van der Waals surface area contributed by atoms with Gasteiger partial charge in [0.1, 0.15) is 11.6 Å². The van der Waals surface area contributed by atoms with Gasteiger partial charge in [-0.3, -0.25) is 0 Å². The van der Waals surface area contributed by atoms with Gasteiger partial charge in [-0.15, -0.1) is 0 Å². The minimum Gasteiger partial charge on any atom is -0.480 e. The van der Waals surface area contributed by atoms with Crippen molar-refractivity contribution in [3.8, 4) is 6.07 Å². The maximum atomic E-state index is 11.4. The summed E-state index contributed by atoms with van der Waals surface area (Å²) in [7, 11) is 0. The van der Waals surface area contributed by atoms with E-state index in [9.17, 15) is 9.90 Å². The zero-order valence-electron chi connectivity index (χ0n) is 9.44. The Hall–Kier alpha value is -2.02. The second kappa shape index (κ2) is 4.46. The molecule has 4 nitrogen and oxygen atoms in total. The smallest absolute Gasteiger partial charge is 0.329 e. The molecule has 0 bridgehead atoms. The molecule has 0 aromatic heterocycles. The number of hydrogen-bond donors (Lipinski definition) is 2. The van der Waals surface area contributed by atoms with Crippen molar-refractivity contribution in [3.05, 3.63) is 29.8 Å². The Kier molecular flexibility index (Phi) is 3.01. The number of benzene rings is 1. The molecule has 0 radical (unpaired) electrons. The Morgan fingerprint density at radius 1 is 1.35 bits per heavy atom. The highest BCUT2D eigenvalue weighted by atomic mass is 16.4. The Balaban J connectivity index is 2.30. The summed E-state index contributed by atoms with van der Waals surface area (Å²) in [5.74, 6) is -0.831. The lowest BCUT2D eigenvalue weighted by Crippen LogP contribution is -2.43. The third-order valence-corrected chi connectivity index (χ3v) is 3.29. The Labute approximate surface area is 99.9 Å². The average Bonchev–Trinajstić information content (AvgIpc) is 2.80. The van der Waals surface area contributed by atoms with Crippen LogP contribution in [-0.2, 0) is 4.79 Å². The molecule has 1 aromatic carbocycles. The molecule has 2 rings (SSSR count). The van der Waals surface area contributed by atoms with Crippen LogP contribution in [0.25, 0.3) is 0 Å². The van der Waals surface area contributed by atoms with Gasteiger partial charge >= 0.3 is 5.97 Å². The van der Waals surface area contributed by atoms with Crippen LogP contribution in [0.15, 0.2) is 24.3 Å². The first-order valence-corrected chi connectivity index (χ1v) is 5.69. The van der Waals surface area contributed by atoms with Crippen molar-refractivity contribution in [2.24, 2.45) is 0 Å². The maximum absolute atomic E-state index is 11.4. The summed E-state index contributed by atoms with van der Waals surface area (Å²) >= 11 is 0. The zero-order chi connectivity index (χ0) is 12.3. The molecule has 1 fully saturated rings. The number of nitrogens with one attached hydrogen (secondary N) is 1. The van der Waals surface area contributed by atoms with Crippen LogP contribution >= 0.6 is 0 Å². The number of anilines is 1. The van der Waals surface area contributed by atoms with Crippen molar-refractivity contribution in [2.75, 3.05) is 5.32 Å². The third-order valence-electron chi connectivity index (χ3n) is 3.29. The second-order valence-electron chi connectivity index (χ2n) is 4.38. The molecule has 0 aliphatic heterocycles. The number of nitriles is 1. The molecule has 1 saturated carbocycles. The van der Waals surface area contributed by atoms with Crippen LogP contribution in [-0.4, -0.2) is 16.6 Å². The molecule has 17 heavy (non-hydrogen) atoms. The summed E-state index contributed by atoms with van der Waals surface area (Å²) in [6.45, 7) is 0. The van der Waals surface area contributed by atoms with Gasteiger partial charge in [-0.05, 0) is 25.0 Å². The molecule has 0 unspecified atom stereocenters. The van der Waals surface area contributed by atoms with E-state index in [0.29, 0.717) is 24.1 Å². The number of carboxylic acid groups (broad SMARTS) is 1. The first-order chi connectivity index (χ1) is 8.18. The standard InChI is InChI=1S/C13H14N2O2/c14-9-10-5-1-2-6-11(10)15-13(12(16)17)7-3-4-8-13/h1-2,5-6,15H,3-4,7-8H2,(H,16,17). The SMILES string of the molecule is N#Cc1ccccc1NC1(C(=O)O)CCCC1. The van der Waals surface area contributed by atoms with E-state index in [2.05, 4.69) is 11.4 Å². The van der Waals surface area contributed by atoms with Crippen LogP contribution in [0.1, 0.15) is 31.2 Å². The largest absolute Gasteiger partial charge is 0.480 e. The first kappa shape index (κ1) is 11.5. The minimum atomic E-state index is -0.896. The summed E-state index contributed by atoms with van der Waals surface area (Å²) in [6.07, 6.45) is 3.05. The predicted octanol–water partition coefficient (Wildman–Crippen LogP) is 2.37. The lowest BCUT2D eigenvalue weighted by molar-refractivity contribution is -0.142. The van der Waals surface area contributed by atoms with Crippen LogP contribution in [0, 0.1) is 11.3 Å². The van der Waals surface area contributed by atoms with Gasteiger partial charge in [0.15, 0.2) is 0 Å². The molecule has 0 amide bonds. The van der Waals surface area contributed by atoms with Crippen molar-refractivity contribution in [1.82, 2.24) is 0 Å². The van der Waals surface area contributed by atoms with Gasteiger partial charge in [-0.1, -0.05) is 25.0 Å². The molecule has 0 spiro atoms. The fraction of sp³-hybridized carbons (Fsp3) is 0.385. The van der Waals surface area contributed by atoms with Crippen molar-refractivity contribution in [2.45, 2.75) is 31.2 Å². The molecule has 1 aliphatic rings. The van der Waals surface area contributed by atoms with Gasteiger partial charge in [0.05, 0.1) is 11.3 Å². The summed E-state index contributed by atoms with van der Waals surface area (Å²) in [6, 6.07) is 9.08. The minimum absolute atomic E-state index is 0.486. The number of carboxylic acids is 1. The van der Waals surface area contributed by atoms with Gasteiger partial charge in [0.2, 0.25) is 0 Å². The number of aliphatic carboxylic acids is 1. The Morgan fingerprint density at radius 3 is 2.59 bits per heavy atom. The molecular formula is C13H14N2O2. The third kappa shape index (κ3) is 2.09. The van der Waals surface area contributed by atoms with Crippen molar-refractivity contribution in [3.63, 3.8) is 0 Å². The summed E-state index contributed by atoms with van der Waals surface area (Å²) in [4.78, 5) is 11.4. The van der Waals surface area contributed by atoms with Crippen LogP contribution in [0.3, 0.4) is 0 Å². The Bertz CT molecular complexity index is 471. The van der Waals surface area contributed by atoms with Crippen molar-refractivity contribution in [1.29, 1.82) is 5.26 Å². The summed E-state index contributed by atoms with van der Waals surface area (Å²) in [5, 5.41) is 21.4. The van der Waals surface area contributed by atoms with E-state index in [1.807, 2.05) is 0 Å². The Morgan fingerprint density at radius 2 is 2.00 bits per heavy atom. The second-order valence-corrected chi connectivity index (χ2v) is 4.38. The normalized spacial score (nSPS) is 17.4. The van der Waals surface area contributed by atoms with Gasteiger partial charge < -0.3 is 10.4 Å². The average molecular weight is 230 g/mol. The molecule has 4 heteroatoms. The lowest BCUT2D eigenvalue weighted by Gasteiger charge is -2.27. The van der Waals surface area contributed by atoms with E-state index in [0.717, 1.165) is 12.8 Å². The first-order valence-electron chi connectivity index (χ1n) is 5.69. The predicted molar refractivity (Wildman–Crippen MR) is 63.6 cm³/mol. The highest BCUT2D eigenvalue weighted by molar-refractivity contribution is 5.84. The highest BCUT2D eigenvalue weighted by Gasteiger charge is 2.41. The summed E-state index contributed by atoms with van der Waals surface area (Å²) < 4.78 is 0. The van der Waals surface area contributed by atoms with Gasteiger partial charge in [0, 0.05) is 0 Å². The number of rotatable bonds is 3. The number of carbonyl (C=O) groups is 1. The van der Waals surface area contributed by atoms with E-state index in [1.165, 1.54) is 0 Å². The lowest BCUT2D eigenvalue weighted by atomic mass is 9.96. The van der Waals surface area contributed by atoms with Gasteiger partial charge in [-0.25, -0.2) is 4.79 Å². The quantitative estimate of drug-likeness (QED) is 0.836. The maximum Gasteiger partial charge on any atom is 0.329 e. The van der Waals surface area contributed by atoms with Crippen LogP contribution in [0.4, 0.5) is 5.69 Å². The van der Waals surface area contributed by atoms with Crippen molar-refractivity contribution < 1.29 is 9.90 Å². The van der Waals surface area contributed by atoms with E-state index >= 15 is 0 Å². The number of para-hydroxylation sites is 1. The molecule has 1 aromatic rings. The van der Waals surface area contributed by atoms with Gasteiger partial charge in [0.25, 0.3) is 0 Å². The number of hydrogen-bond acceptors (Lipinski definition) is 3. The fourth-order valence-electron chi connectivity index (χ4n) is 2.32. The molecule has 88 valence electrons. The van der Waals surface area contributed by atoms with Gasteiger partial charge in [-0.2, -0.15) is 5.26 Å². The molecule has 1 aliphatic carbocycles. The molecule has 0 atom stereocenters. The summed E-state index contributed by atoms with van der Waals surface area (Å²) in [5.41, 5.74) is 0.201. The molecule has 0 saturated heterocycles. The highest BCUT2D eigenvalue weighted by Crippen LogP contribution is 2.34. The fourth-order valence-corrected chi connectivity index (χ4v) is 2.32. The van der Waals surface area contributed by atoms with Crippen LogP contribution < -0.4 is 5.32 Å². The van der Waals surface area contributed by atoms with Crippen LogP contribution in [0.2, 0.25) is 0 Å². The number of nitrogens with zero attached hydrogens (tertiary/aromatic N) is 1. The molecular weight excluding hydrogens is 216 g/mol. The van der Waals surface area contributed by atoms with E-state index in [1.54, 1.807) is 24.3 Å². The van der Waals surface area contributed by atoms with Crippen molar-refractivity contribution >= 4 is 11.7 Å². The monoisotopic (exact) mass is 230 g/mol. The zero-order valence-corrected chi connectivity index (χ0v) is 9.44. The van der Waals surface area contributed by atoms with E-state index in [-0.39, 0.29) is 0 Å². The van der Waals surface area contributed by atoms with E-state index in [4.69, 9.17) is 5.26 Å². The molecule has 2 N–H and O–H groups in total. The van der Waals surface area contributed by atoms with E-state index < -0.39 is 11.5 Å².